The van der Waals surface area contributed by atoms with E-state index in [1.165, 1.54) is 23.6 Å². The van der Waals surface area contributed by atoms with Gasteiger partial charge >= 0.3 is 5.97 Å². The van der Waals surface area contributed by atoms with E-state index in [0.29, 0.717) is 0 Å². The molecule has 0 spiro atoms. The Morgan fingerprint density at radius 2 is 1.85 bits per heavy atom. The van der Waals surface area contributed by atoms with Gasteiger partial charge in [0.25, 0.3) is 0 Å². The normalized spacial score (nSPS) is 24.6. The molecule has 3 heterocycles. The molecule has 2 aliphatic rings. The number of nitrogens with zero attached hydrogens (tertiary/aromatic N) is 2. The van der Waals surface area contributed by atoms with Crippen molar-refractivity contribution in [3.8, 4) is 0 Å². The lowest BCUT2D eigenvalue weighted by Crippen LogP contribution is -2.35. The fourth-order valence-electron chi connectivity index (χ4n) is 4.77. The summed E-state index contributed by atoms with van der Waals surface area (Å²) in [6.07, 6.45) is 0.565. The van der Waals surface area contributed by atoms with Crippen LogP contribution >= 0.6 is 0 Å². The lowest BCUT2D eigenvalue weighted by Gasteiger charge is -2.30. The quantitative estimate of drug-likeness (QED) is 0.654. The lowest BCUT2D eigenvalue weighted by atomic mass is 9.85. The molecule has 5 rings (SSSR count). The first-order valence-corrected chi connectivity index (χ1v) is 9.33. The molecule has 0 amide bonds. The maximum atomic E-state index is 12.9. The van der Waals surface area contributed by atoms with Crippen LogP contribution in [0.25, 0.3) is 10.9 Å². The SMILES string of the molecule is COC(=O)[C@@H]1[C@@H](c2ccccc2)ON2CCc3c(n(C)c4ccccc34)[C@H]12. The summed E-state index contributed by atoms with van der Waals surface area (Å²) < 4.78 is 7.43. The number of para-hydroxylation sites is 1. The van der Waals surface area contributed by atoms with E-state index in [-0.39, 0.29) is 18.1 Å². The Kier molecular flexibility index (Phi) is 3.81. The molecule has 2 aliphatic heterocycles. The van der Waals surface area contributed by atoms with Crippen LogP contribution in [0.3, 0.4) is 0 Å². The van der Waals surface area contributed by atoms with E-state index in [1.54, 1.807) is 0 Å². The number of benzene rings is 2. The second kappa shape index (κ2) is 6.22. The zero-order valence-corrected chi connectivity index (χ0v) is 15.5. The highest BCUT2D eigenvalue weighted by Gasteiger charge is 2.52. The van der Waals surface area contributed by atoms with E-state index in [0.717, 1.165) is 24.2 Å². The van der Waals surface area contributed by atoms with Gasteiger partial charge in [-0.3, -0.25) is 9.63 Å². The van der Waals surface area contributed by atoms with Crippen molar-refractivity contribution >= 4 is 16.9 Å². The van der Waals surface area contributed by atoms with Crippen LogP contribution in [0.15, 0.2) is 54.6 Å². The maximum absolute atomic E-state index is 12.9. The average molecular weight is 362 g/mol. The van der Waals surface area contributed by atoms with Crippen LogP contribution in [-0.4, -0.2) is 29.3 Å². The molecule has 1 aromatic heterocycles. The van der Waals surface area contributed by atoms with Crippen molar-refractivity contribution in [3.63, 3.8) is 0 Å². The number of aryl methyl sites for hydroxylation is 1. The summed E-state index contributed by atoms with van der Waals surface area (Å²) in [5.74, 6) is -0.631. The van der Waals surface area contributed by atoms with E-state index in [4.69, 9.17) is 9.57 Å². The summed E-state index contributed by atoms with van der Waals surface area (Å²) in [5.41, 5.74) is 4.68. The van der Waals surface area contributed by atoms with Gasteiger partial charge in [-0.15, -0.1) is 0 Å². The smallest absolute Gasteiger partial charge is 0.313 e. The minimum Gasteiger partial charge on any atom is -0.469 e. The number of aromatic nitrogens is 1. The van der Waals surface area contributed by atoms with Crippen LogP contribution < -0.4 is 0 Å². The van der Waals surface area contributed by atoms with Crippen molar-refractivity contribution in [2.24, 2.45) is 13.0 Å². The molecular weight excluding hydrogens is 340 g/mol. The van der Waals surface area contributed by atoms with E-state index >= 15 is 0 Å². The van der Waals surface area contributed by atoms with Crippen LogP contribution in [0, 0.1) is 5.92 Å². The van der Waals surface area contributed by atoms with Gasteiger partial charge in [0.15, 0.2) is 0 Å². The summed E-state index contributed by atoms with van der Waals surface area (Å²) in [6.45, 7) is 0.766. The number of hydrogen-bond donors (Lipinski definition) is 0. The Hall–Kier alpha value is -2.63. The Morgan fingerprint density at radius 3 is 2.63 bits per heavy atom. The van der Waals surface area contributed by atoms with Crippen molar-refractivity contribution < 1.29 is 14.4 Å². The van der Waals surface area contributed by atoms with Crippen LogP contribution in [0.1, 0.15) is 29.0 Å². The van der Waals surface area contributed by atoms with E-state index < -0.39 is 5.92 Å². The second-order valence-electron chi connectivity index (χ2n) is 7.26. The summed E-state index contributed by atoms with van der Waals surface area (Å²) >= 11 is 0. The standard InChI is InChI=1S/C22H22N2O3/c1-23-17-11-7-6-10-15(17)16-12-13-24-20(19(16)23)18(22(25)26-2)21(27-24)14-8-4-3-5-9-14/h3-11,18,20-21H,12-13H2,1-2H3/t18-,20-,21+/m0/s1. The zero-order valence-electron chi connectivity index (χ0n) is 15.5. The van der Waals surface area contributed by atoms with Crippen LogP contribution in [-0.2, 0) is 27.8 Å². The number of hydrogen-bond acceptors (Lipinski definition) is 4. The first-order valence-electron chi connectivity index (χ1n) is 9.33. The van der Waals surface area contributed by atoms with Crippen LogP contribution in [0.4, 0.5) is 0 Å². The number of hydroxylamine groups is 2. The minimum atomic E-state index is -0.403. The monoisotopic (exact) mass is 362 g/mol. The highest BCUT2D eigenvalue weighted by Crippen LogP contribution is 2.51. The fraction of sp³-hybridized carbons (Fsp3) is 0.318. The number of rotatable bonds is 2. The maximum Gasteiger partial charge on any atom is 0.313 e. The summed E-state index contributed by atoms with van der Waals surface area (Å²) in [6, 6.07) is 18.2. The highest BCUT2D eigenvalue weighted by atomic mass is 16.7. The Labute approximate surface area is 158 Å². The molecule has 0 radical (unpaired) electrons. The molecule has 3 aromatic rings. The number of carbonyl (C=O) groups excluding carboxylic acids is 1. The van der Waals surface area contributed by atoms with Gasteiger partial charge in [-0.05, 0) is 23.6 Å². The number of fused-ring (bicyclic) bond motifs is 5. The van der Waals surface area contributed by atoms with Crippen molar-refractivity contribution in [2.75, 3.05) is 13.7 Å². The van der Waals surface area contributed by atoms with Gasteiger partial charge in [0.05, 0.1) is 13.2 Å². The Balaban J connectivity index is 1.69. The lowest BCUT2D eigenvalue weighted by molar-refractivity contribution is -0.169. The summed E-state index contributed by atoms with van der Waals surface area (Å²) in [4.78, 5) is 19.2. The fourth-order valence-corrected chi connectivity index (χ4v) is 4.77. The van der Waals surface area contributed by atoms with E-state index in [1.807, 2.05) is 35.4 Å². The van der Waals surface area contributed by atoms with Gasteiger partial charge in [-0.1, -0.05) is 48.5 Å². The largest absolute Gasteiger partial charge is 0.469 e. The number of carbonyl (C=O) groups is 1. The molecule has 0 aliphatic carbocycles. The summed E-state index contributed by atoms with van der Waals surface area (Å²) in [7, 11) is 3.53. The molecular formula is C22H22N2O3. The number of methoxy groups -OCH3 is 1. The average Bonchev–Trinajstić information content (AvgIpc) is 3.24. The molecule has 3 atom stereocenters. The molecule has 2 aromatic carbocycles. The highest BCUT2D eigenvalue weighted by molar-refractivity contribution is 5.86. The topological polar surface area (TPSA) is 43.7 Å². The molecule has 1 fully saturated rings. The van der Waals surface area contributed by atoms with Crippen molar-refractivity contribution in [1.82, 2.24) is 9.63 Å². The number of ether oxygens (including phenoxy) is 1. The van der Waals surface area contributed by atoms with Gasteiger partial charge in [0.2, 0.25) is 0 Å². The third-order valence-electron chi connectivity index (χ3n) is 5.95. The first kappa shape index (κ1) is 16.5. The Bertz CT molecular complexity index is 1010. The molecule has 5 heteroatoms. The number of esters is 1. The molecule has 1 saturated heterocycles. The summed E-state index contributed by atoms with van der Waals surface area (Å²) in [5, 5.41) is 3.25. The molecule has 138 valence electrons. The molecule has 5 nitrogen and oxygen atoms in total. The van der Waals surface area contributed by atoms with Gasteiger partial charge in [0, 0.05) is 30.2 Å². The predicted octanol–water partition coefficient (Wildman–Crippen LogP) is 3.55. The third kappa shape index (κ3) is 2.35. The molecule has 0 N–H and O–H groups in total. The molecule has 0 unspecified atom stereocenters. The van der Waals surface area contributed by atoms with Gasteiger partial charge in [-0.25, -0.2) is 0 Å². The van der Waals surface area contributed by atoms with E-state index in [2.05, 4.69) is 35.9 Å². The van der Waals surface area contributed by atoms with Crippen molar-refractivity contribution in [2.45, 2.75) is 18.6 Å². The van der Waals surface area contributed by atoms with Crippen molar-refractivity contribution in [3.05, 3.63) is 71.4 Å². The first-order chi connectivity index (χ1) is 13.2. The Morgan fingerprint density at radius 1 is 1.11 bits per heavy atom. The van der Waals surface area contributed by atoms with Gasteiger partial charge in [0.1, 0.15) is 12.0 Å². The minimum absolute atomic E-state index is 0.149. The second-order valence-corrected chi connectivity index (χ2v) is 7.26. The van der Waals surface area contributed by atoms with Crippen LogP contribution in [0.2, 0.25) is 0 Å². The molecule has 0 saturated carbocycles. The van der Waals surface area contributed by atoms with Crippen molar-refractivity contribution in [1.29, 1.82) is 0 Å². The van der Waals surface area contributed by atoms with Gasteiger partial charge < -0.3 is 9.30 Å². The molecule has 27 heavy (non-hydrogen) atoms. The van der Waals surface area contributed by atoms with Gasteiger partial charge in [-0.2, -0.15) is 5.06 Å². The zero-order chi connectivity index (χ0) is 18.5. The predicted molar refractivity (Wildman–Crippen MR) is 102 cm³/mol. The third-order valence-corrected chi connectivity index (χ3v) is 5.95. The van der Waals surface area contributed by atoms with Crippen LogP contribution in [0.5, 0.6) is 0 Å². The molecule has 0 bridgehead atoms. The van der Waals surface area contributed by atoms with E-state index in [9.17, 15) is 4.79 Å².